The first-order valence-corrected chi connectivity index (χ1v) is 9.87. The lowest BCUT2D eigenvalue weighted by atomic mass is 10.1. The van der Waals surface area contributed by atoms with Crippen molar-refractivity contribution in [1.29, 1.82) is 0 Å². The van der Waals surface area contributed by atoms with Crippen molar-refractivity contribution < 1.29 is 13.2 Å². The zero-order valence-electron chi connectivity index (χ0n) is 13.0. The van der Waals surface area contributed by atoms with E-state index < -0.39 is 10.0 Å². The van der Waals surface area contributed by atoms with E-state index in [9.17, 15) is 13.2 Å². The van der Waals surface area contributed by atoms with Crippen LogP contribution in [0.2, 0.25) is 0 Å². The van der Waals surface area contributed by atoms with Crippen LogP contribution in [0.4, 0.5) is 16.2 Å². The van der Waals surface area contributed by atoms with Crippen molar-refractivity contribution in [2.45, 2.75) is 6.42 Å². The van der Waals surface area contributed by atoms with Crippen LogP contribution in [-0.2, 0) is 16.4 Å². The summed E-state index contributed by atoms with van der Waals surface area (Å²) in [6, 6.07) is 14.0. The van der Waals surface area contributed by atoms with Crippen molar-refractivity contribution in [2.75, 3.05) is 22.8 Å². The molecule has 0 bridgehead atoms. The molecule has 0 unspecified atom stereocenters. The summed E-state index contributed by atoms with van der Waals surface area (Å²) in [7, 11) is -3.31. The van der Waals surface area contributed by atoms with Crippen LogP contribution in [0.25, 0.3) is 0 Å². The van der Waals surface area contributed by atoms with Crippen molar-refractivity contribution in [2.24, 2.45) is 0 Å². The van der Waals surface area contributed by atoms with Crippen LogP contribution >= 0.6 is 15.9 Å². The first-order chi connectivity index (χ1) is 11.3. The molecule has 0 fully saturated rings. The average Bonchev–Trinajstić information content (AvgIpc) is 2.50. The fourth-order valence-corrected chi connectivity index (χ4v) is 2.81. The molecule has 2 rings (SSSR count). The van der Waals surface area contributed by atoms with Crippen LogP contribution in [0.1, 0.15) is 5.56 Å². The molecule has 0 radical (unpaired) electrons. The van der Waals surface area contributed by atoms with E-state index in [1.165, 1.54) is 0 Å². The van der Waals surface area contributed by atoms with Gasteiger partial charge in [-0.15, -0.1) is 0 Å². The molecule has 0 aliphatic rings. The Labute approximate surface area is 149 Å². The van der Waals surface area contributed by atoms with Gasteiger partial charge in [0.15, 0.2) is 0 Å². The third kappa shape index (κ3) is 6.59. The number of nitrogens with one attached hydrogen (secondary N) is 3. The zero-order chi connectivity index (χ0) is 17.6. The van der Waals surface area contributed by atoms with Crippen LogP contribution < -0.4 is 15.4 Å². The van der Waals surface area contributed by atoms with E-state index in [0.29, 0.717) is 17.9 Å². The number of urea groups is 1. The third-order valence-electron chi connectivity index (χ3n) is 3.06. The second-order valence-electron chi connectivity index (χ2n) is 5.21. The molecule has 8 heteroatoms. The molecule has 0 aromatic heterocycles. The molecule has 3 N–H and O–H groups in total. The number of rotatable bonds is 6. The van der Waals surface area contributed by atoms with Gasteiger partial charge in [-0.25, -0.2) is 13.2 Å². The SMILES string of the molecule is CS(=O)(=O)Nc1ccc(NC(=O)NCCc2ccc(Br)cc2)cc1. The molecule has 2 aromatic rings. The minimum absolute atomic E-state index is 0.309. The fourth-order valence-electron chi connectivity index (χ4n) is 1.98. The van der Waals surface area contributed by atoms with Crippen molar-refractivity contribution in [1.82, 2.24) is 5.32 Å². The number of anilines is 2. The maximum atomic E-state index is 11.8. The number of carbonyl (C=O) groups excluding carboxylic acids is 1. The first-order valence-electron chi connectivity index (χ1n) is 7.19. The highest BCUT2D eigenvalue weighted by Crippen LogP contribution is 2.14. The lowest BCUT2D eigenvalue weighted by Crippen LogP contribution is -2.30. The second kappa shape index (κ2) is 8.16. The summed E-state index contributed by atoms with van der Waals surface area (Å²) in [5, 5.41) is 5.47. The number of hydrogen-bond acceptors (Lipinski definition) is 3. The molecule has 2 amide bonds. The Morgan fingerprint density at radius 1 is 1.00 bits per heavy atom. The Balaban J connectivity index is 1.78. The smallest absolute Gasteiger partial charge is 0.319 e. The average molecular weight is 412 g/mol. The van der Waals surface area contributed by atoms with Gasteiger partial charge in [-0.05, 0) is 48.4 Å². The summed E-state index contributed by atoms with van der Waals surface area (Å²) in [4.78, 5) is 11.8. The van der Waals surface area contributed by atoms with E-state index in [-0.39, 0.29) is 6.03 Å². The Kier molecular flexibility index (Phi) is 6.22. The van der Waals surface area contributed by atoms with Gasteiger partial charge in [0.1, 0.15) is 0 Å². The molecule has 0 aliphatic heterocycles. The first kappa shape index (κ1) is 18.3. The van der Waals surface area contributed by atoms with E-state index in [1.807, 2.05) is 24.3 Å². The Hall–Kier alpha value is -2.06. The summed E-state index contributed by atoms with van der Waals surface area (Å²) in [6.07, 6.45) is 1.82. The Morgan fingerprint density at radius 2 is 1.58 bits per heavy atom. The van der Waals surface area contributed by atoms with Gasteiger partial charge in [0, 0.05) is 22.4 Å². The predicted octanol–water partition coefficient (Wildman–Crippen LogP) is 3.18. The third-order valence-corrected chi connectivity index (χ3v) is 4.19. The van der Waals surface area contributed by atoms with E-state index in [0.717, 1.165) is 22.7 Å². The summed E-state index contributed by atoms with van der Waals surface area (Å²) >= 11 is 3.38. The summed E-state index contributed by atoms with van der Waals surface area (Å²) < 4.78 is 25.6. The number of benzene rings is 2. The summed E-state index contributed by atoms with van der Waals surface area (Å²) in [5.41, 5.74) is 2.16. The lowest BCUT2D eigenvalue weighted by molar-refractivity contribution is 0.252. The predicted molar refractivity (Wildman–Crippen MR) is 99.8 cm³/mol. The Morgan fingerprint density at radius 3 is 2.17 bits per heavy atom. The number of carbonyl (C=O) groups is 1. The van der Waals surface area contributed by atoms with Crippen molar-refractivity contribution in [3.63, 3.8) is 0 Å². The molecule has 6 nitrogen and oxygen atoms in total. The van der Waals surface area contributed by atoms with Crippen LogP contribution in [0.5, 0.6) is 0 Å². The van der Waals surface area contributed by atoms with Crippen LogP contribution in [0.3, 0.4) is 0 Å². The molecule has 0 spiro atoms. The van der Waals surface area contributed by atoms with Crippen LogP contribution in [0, 0.1) is 0 Å². The van der Waals surface area contributed by atoms with Crippen molar-refractivity contribution >= 4 is 43.4 Å². The Bertz CT molecular complexity index is 790. The van der Waals surface area contributed by atoms with E-state index in [1.54, 1.807) is 24.3 Å². The minimum atomic E-state index is -3.31. The highest BCUT2D eigenvalue weighted by molar-refractivity contribution is 9.10. The van der Waals surface area contributed by atoms with Gasteiger partial charge >= 0.3 is 6.03 Å². The molecule has 2 aromatic carbocycles. The van der Waals surface area contributed by atoms with E-state index in [4.69, 9.17) is 0 Å². The molecule has 0 saturated heterocycles. The second-order valence-corrected chi connectivity index (χ2v) is 7.87. The topological polar surface area (TPSA) is 87.3 Å². The molecular formula is C16H18BrN3O3S. The van der Waals surface area contributed by atoms with Gasteiger partial charge in [-0.3, -0.25) is 4.72 Å². The molecule has 24 heavy (non-hydrogen) atoms. The minimum Gasteiger partial charge on any atom is -0.338 e. The maximum Gasteiger partial charge on any atom is 0.319 e. The largest absolute Gasteiger partial charge is 0.338 e. The molecule has 0 heterocycles. The van der Waals surface area contributed by atoms with Crippen LogP contribution in [-0.4, -0.2) is 27.2 Å². The van der Waals surface area contributed by atoms with Gasteiger partial charge < -0.3 is 10.6 Å². The molecular weight excluding hydrogens is 394 g/mol. The van der Waals surface area contributed by atoms with E-state index in [2.05, 4.69) is 31.3 Å². The van der Waals surface area contributed by atoms with Gasteiger partial charge in [0.2, 0.25) is 10.0 Å². The highest BCUT2D eigenvalue weighted by Gasteiger charge is 2.04. The quantitative estimate of drug-likeness (QED) is 0.681. The number of hydrogen-bond donors (Lipinski definition) is 3. The maximum absolute atomic E-state index is 11.8. The zero-order valence-corrected chi connectivity index (χ0v) is 15.4. The van der Waals surface area contributed by atoms with Crippen molar-refractivity contribution in [3.8, 4) is 0 Å². The van der Waals surface area contributed by atoms with Crippen molar-refractivity contribution in [3.05, 3.63) is 58.6 Å². The standard InChI is InChI=1S/C16H18BrN3O3S/c1-24(22,23)20-15-8-6-14(7-9-15)19-16(21)18-11-10-12-2-4-13(17)5-3-12/h2-9,20H,10-11H2,1H3,(H2,18,19,21). The molecule has 0 aliphatic carbocycles. The number of sulfonamides is 1. The van der Waals surface area contributed by atoms with Gasteiger partial charge in [-0.2, -0.15) is 0 Å². The fraction of sp³-hybridized carbons (Fsp3) is 0.188. The highest BCUT2D eigenvalue weighted by atomic mass is 79.9. The van der Waals surface area contributed by atoms with Gasteiger partial charge in [0.25, 0.3) is 0 Å². The lowest BCUT2D eigenvalue weighted by Gasteiger charge is -2.09. The molecule has 0 atom stereocenters. The number of halogens is 1. The van der Waals surface area contributed by atoms with Gasteiger partial charge in [-0.1, -0.05) is 28.1 Å². The summed E-state index contributed by atoms with van der Waals surface area (Å²) in [6.45, 7) is 0.515. The van der Waals surface area contributed by atoms with Gasteiger partial charge in [0.05, 0.1) is 6.26 Å². The molecule has 128 valence electrons. The number of amides is 2. The van der Waals surface area contributed by atoms with Crippen LogP contribution in [0.15, 0.2) is 53.0 Å². The summed E-state index contributed by atoms with van der Waals surface area (Å²) in [5.74, 6) is 0. The monoisotopic (exact) mass is 411 g/mol. The van der Waals surface area contributed by atoms with E-state index >= 15 is 0 Å². The normalized spacial score (nSPS) is 10.9. The molecule has 0 saturated carbocycles.